The first-order chi connectivity index (χ1) is 16.2. The number of halogens is 1. The highest BCUT2D eigenvalue weighted by molar-refractivity contribution is 6.30. The van der Waals surface area contributed by atoms with Gasteiger partial charge in [0.15, 0.2) is 11.5 Å². The molecule has 2 amide bonds. The maximum Gasteiger partial charge on any atom is 0.242 e. The molecule has 8 heteroatoms. The van der Waals surface area contributed by atoms with E-state index in [1.807, 2.05) is 32.0 Å². The molecule has 2 rings (SSSR count). The monoisotopic (exact) mass is 490 g/mol. The van der Waals surface area contributed by atoms with Gasteiger partial charge in [0.25, 0.3) is 0 Å². The molecule has 2 aromatic rings. The zero-order valence-electron chi connectivity index (χ0n) is 20.6. The number of carbonyl (C=O) groups excluding carboxylic acids is 2. The van der Waals surface area contributed by atoms with E-state index in [4.69, 9.17) is 25.8 Å². The Bertz CT molecular complexity index is 933. The number of methoxy groups -OCH3 is 2. The van der Waals surface area contributed by atoms with Crippen LogP contribution in [0.25, 0.3) is 0 Å². The van der Waals surface area contributed by atoms with Crippen molar-refractivity contribution >= 4 is 23.4 Å². The molecule has 186 valence electrons. The number of benzene rings is 2. The lowest BCUT2D eigenvalue weighted by atomic mass is 10.1. The SMILES string of the molecule is COc1ccc(CC(=O)N(Cc2ccc(Cl)cc2)[C@H](C)C(=O)NCCCOC(C)C)cc1OC. The highest BCUT2D eigenvalue weighted by atomic mass is 35.5. The van der Waals surface area contributed by atoms with Crippen molar-refractivity contribution in [2.45, 2.75) is 52.3 Å². The minimum absolute atomic E-state index is 0.119. The van der Waals surface area contributed by atoms with Crippen molar-refractivity contribution in [3.63, 3.8) is 0 Å². The summed E-state index contributed by atoms with van der Waals surface area (Å²) in [4.78, 5) is 27.8. The van der Waals surface area contributed by atoms with Crippen LogP contribution >= 0.6 is 11.6 Å². The number of nitrogens with zero attached hydrogens (tertiary/aromatic N) is 1. The van der Waals surface area contributed by atoms with Crippen molar-refractivity contribution in [1.29, 1.82) is 0 Å². The fourth-order valence-corrected chi connectivity index (χ4v) is 3.51. The summed E-state index contributed by atoms with van der Waals surface area (Å²) in [7, 11) is 3.11. The number of rotatable bonds is 13. The summed E-state index contributed by atoms with van der Waals surface area (Å²) < 4.78 is 16.1. The molecule has 1 atom stereocenters. The fraction of sp³-hybridized carbons (Fsp3) is 0.462. The maximum absolute atomic E-state index is 13.4. The van der Waals surface area contributed by atoms with Gasteiger partial charge in [0.05, 0.1) is 26.7 Å². The van der Waals surface area contributed by atoms with Gasteiger partial charge in [0, 0.05) is 24.7 Å². The molecular weight excluding hydrogens is 456 g/mol. The molecule has 34 heavy (non-hydrogen) atoms. The molecule has 7 nitrogen and oxygen atoms in total. The van der Waals surface area contributed by atoms with Crippen molar-refractivity contribution in [1.82, 2.24) is 10.2 Å². The van der Waals surface area contributed by atoms with Crippen molar-refractivity contribution in [2.75, 3.05) is 27.4 Å². The molecule has 2 aromatic carbocycles. The van der Waals surface area contributed by atoms with Crippen LogP contribution in [0.1, 0.15) is 38.3 Å². The quantitative estimate of drug-likeness (QED) is 0.425. The zero-order chi connectivity index (χ0) is 25.1. The molecule has 0 unspecified atom stereocenters. The largest absolute Gasteiger partial charge is 0.493 e. The average molecular weight is 491 g/mol. The Morgan fingerprint density at radius 3 is 2.24 bits per heavy atom. The Labute approximate surface area is 207 Å². The molecule has 0 heterocycles. The van der Waals surface area contributed by atoms with Crippen molar-refractivity contribution in [3.8, 4) is 11.5 Å². The number of ether oxygens (including phenoxy) is 3. The van der Waals surface area contributed by atoms with Crippen LogP contribution in [0.2, 0.25) is 5.02 Å². The summed E-state index contributed by atoms with van der Waals surface area (Å²) >= 11 is 6.01. The predicted molar refractivity (Wildman–Crippen MR) is 133 cm³/mol. The van der Waals surface area contributed by atoms with E-state index >= 15 is 0 Å². The number of hydrogen-bond donors (Lipinski definition) is 1. The minimum Gasteiger partial charge on any atom is -0.493 e. The maximum atomic E-state index is 13.4. The number of amides is 2. The van der Waals surface area contributed by atoms with Crippen LogP contribution in [-0.2, 0) is 27.3 Å². The van der Waals surface area contributed by atoms with Gasteiger partial charge < -0.3 is 24.4 Å². The van der Waals surface area contributed by atoms with E-state index < -0.39 is 6.04 Å². The molecule has 0 radical (unpaired) electrons. The molecular formula is C26H35ClN2O5. The first-order valence-electron chi connectivity index (χ1n) is 11.4. The van der Waals surface area contributed by atoms with Gasteiger partial charge in [-0.1, -0.05) is 29.8 Å². The third-order valence-corrected chi connectivity index (χ3v) is 5.56. The predicted octanol–water partition coefficient (Wildman–Crippen LogP) is 4.25. The van der Waals surface area contributed by atoms with Gasteiger partial charge >= 0.3 is 0 Å². The van der Waals surface area contributed by atoms with Crippen LogP contribution in [-0.4, -0.2) is 56.2 Å². The van der Waals surface area contributed by atoms with E-state index in [0.29, 0.717) is 36.1 Å². The van der Waals surface area contributed by atoms with Gasteiger partial charge in [0.2, 0.25) is 11.8 Å². The molecule has 0 aliphatic heterocycles. The number of nitrogens with one attached hydrogen (secondary N) is 1. The summed E-state index contributed by atoms with van der Waals surface area (Å²) in [5.41, 5.74) is 1.65. The Morgan fingerprint density at radius 1 is 0.971 bits per heavy atom. The van der Waals surface area contributed by atoms with Crippen LogP contribution in [0.15, 0.2) is 42.5 Å². The van der Waals surface area contributed by atoms with Gasteiger partial charge in [-0.05, 0) is 62.6 Å². The summed E-state index contributed by atoms with van der Waals surface area (Å²) in [5.74, 6) is 0.754. The lowest BCUT2D eigenvalue weighted by molar-refractivity contribution is -0.140. The Morgan fingerprint density at radius 2 is 1.62 bits per heavy atom. The van der Waals surface area contributed by atoms with Crippen molar-refractivity contribution in [2.24, 2.45) is 0 Å². The summed E-state index contributed by atoms with van der Waals surface area (Å²) in [6.45, 7) is 7.02. The van der Waals surface area contributed by atoms with Crippen LogP contribution in [0.5, 0.6) is 11.5 Å². The van der Waals surface area contributed by atoms with Crippen molar-refractivity contribution in [3.05, 3.63) is 58.6 Å². The Balaban J connectivity index is 2.13. The first-order valence-corrected chi connectivity index (χ1v) is 11.8. The van der Waals surface area contributed by atoms with Gasteiger partial charge in [-0.3, -0.25) is 9.59 Å². The van der Waals surface area contributed by atoms with Crippen LogP contribution < -0.4 is 14.8 Å². The second-order valence-electron chi connectivity index (χ2n) is 8.25. The third kappa shape index (κ3) is 8.54. The smallest absolute Gasteiger partial charge is 0.242 e. The van der Waals surface area contributed by atoms with Gasteiger partial charge in [-0.2, -0.15) is 0 Å². The average Bonchev–Trinajstić information content (AvgIpc) is 2.82. The first kappa shape index (κ1) is 27.5. The van der Waals surface area contributed by atoms with E-state index in [2.05, 4.69) is 5.32 Å². The number of hydrogen-bond acceptors (Lipinski definition) is 5. The number of carbonyl (C=O) groups is 2. The Hall–Kier alpha value is -2.77. The van der Waals surface area contributed by atoms with Crippen molar-refractivity contribution < 1.29 is 23.8 Å². The topological polar surface area (TPSA) is 77.1 Å². The fourth-order valence-electron chi connectivity index (χ4n) is 3.39. The summed E-state index contributed by atoms with van der Waals surface area (Å²) in [6.07, 6.45) is 0.972. The van der Waals surface area contributed by atoms with Crippen LogP contribution in [0, 0.1) is 0 Å². The van der Waals surface area contributed by atoms with E-state index in [9.17, 15) is 9.59 Å². The molecule has 1 N–H and O–H groups in total. The summed E-state index contributed by atoms with van der Waals surface area (Å²) in [6, 6.07) is 11.9. The van der Waals surface area contributed by atoms with E-state index in [1.165, 1.54) is 0 Å². The molecule has 0 aliphatic carbocycles. The van der Waals surface area contributed by atoms with E-state index in [0.717, 1.165) is 11.1 Å². The molecule has 0 fully saturated rings. The summed E-state index contributed by atoms with van der Waals surface area (Å²) in [5, 5.41) is 3.53. The minimum atomic E-state index is -0.658. The Kier molecular flexibility index (Phi) is 11.2. The van der Waals surface area contributed by atoms with E-state index in [1.54, 1.807) is 50.3 Å². The molecule has 0 bridgehead atoms. The van der Waals surface area contributed by atoms with Crippen LogP contribution in [0.4, 0.5) is 0 Å². The van der Waals surface area contributed by atoms with Gasteiger partial charge in [0.1, 0.15) is 6.04 Å². The molecule has 0 aliphatic rings. The lowest BCUT2D eigenvalue weighted by Gasteiger charge is -2.29. The standard InChI is InChI=1S/C26H35ClN2O5/c1-18(2)34-14-6-13-28-26(31)19(3)29(17-20-7-10-22(27)11-8-20)25(30)16-21-9-12-23(32-4)24(15-21)33-5/h7-12,15,18-19H,6,13-14,16-17H2,1-5H3,(H,28,31)/t19-/m1/s1. The van der Waals surface area contributed by atoms with Gasteiger partial charge in [-0.15, -0.1) is 0 Å². The molecule has 0 saturated heterocycles. The second kappa shape index (κ2) is 13.8. The highest BCUT2D eigenvalue weighted by Gasteiger charge is 2.26. The van der Waals surface area contributed by atoms with Gasteiger partial charge in [-0.25, -0.2) is 0 Å². The normalized spacial score (nSPS) is 11.7. The highest BCUT2D eigenvalue weighted by Crippen LogP contribution is 2.28. The third-order valence-electron chi connectivity index (χ3n) is 5.31. The second-order valence-corrected chi connectivity index (χ2v) is 8.69. The zero-order valence-corrected chi connectivity index (χ0v) is 21.4. The molecule has 0 aromatic heterocycles. The van der Waals surface area contributed by atoms with Crippen LogP contribution in [0.3, 0.4) is 0 Å². The molecule has 0 spiro atoms. The lowest BCUT2D eigenvalue weighted by Crippen LogP contribution is -2.48. The van der Waals surface area contributed by atoms with E-state index in [-0.39, 0.29) is 30.9 Å². The molecule has 0 saturated carbocycles.